The van der Waals surface area contributed by atoms with Gasteiger partial charge in [-0.25, -0.2) is 0 Å². The fraction of sp³-hybridized carbons (Fsp3) is 0.545. The number of benzene rings is 1. The highest BCUT2D eigenvalue weighted by atomic mass is 127. The second-order valence-electron chi connectivity index (χ2n) is 7.27. The topological polar surface area (TPSA) is 81.9 Å². The van der Waals surface area contributed by atoms with Gasteiger partial charge in [-0.05, 0) is 39.2 Å². The molecule has 174 valence electrons. The van der Waals surface area contributed by atoms with Gasteiger partial charge in [-0.3, -0.25) is 9.67 Å². The normalized spacial score (nSPS) is 12.0. The Morgan fingerprint density at radius 1 is 1.13 bits per heavy atom. The van der Waals surface area contributed by atoms with Crippen molar-refractivity contribution in [3.05, 3.63) is 35.2 Å². The lowest BCUT2D eigenvalue weighted by atomic mass is 10.1. The maximum atomic E-state index is 5.83. The van der Waals surface area contributed by atoms with Gasteiger partial charge >= 0.3 is 0 Å². The third-order valence-corrected chi connectivity index (χ3v) is 4.98. The van der Waals surface area contributed by atoms with Gasteiger partial charge in [0.25, 0.3) is 0 Å². The Hall–Kier alpha value is -2.17. The fourth-order valence-corrected chi connectivity index (χ4v) is 3.23. The van der Waals surface area contributed by atoms with E-state index in [1.807, 2.05) is 29.9 Å². The van der Waals surface area contributed by atoms with Gasteiger partial charge in [-0.1, -0.05) is 0 Å². The predicted molar refractivity (Wildman–Crippen MR) is 135 cm³/mol. The van der Waals surface area contributed by atoms with E-state index in [-0.39, 0.29) is 30.0 Å². The molecule has 0 aliphatic heterocycles. The number of aryl methyl sites for hydroxylation is 2. The van der Waals surface area contributed by atoms with E-state index in [1.165, 1.54) is 11.3 Å². The summed E-state index contributed by atoms with van der Waals surface area (Å²) in [6.07, 6.45) is 1.72. The zero-order valence-electron chi connectivity index (χ0n) is 19.6. The molecule has 8 nitrogen and oxygen atoms in total. The molecule has 0 saturated heterocycles. The lowest BCUT2D eigenvalue weighted by Gasteiger charge is -2.18. The van der Waals surface area contributed by atoms with E-state index < -0.39 is 0 Å². The Morgan fingerprint density at radius 2 is 1.74 bits per heavy atom. The zero-order valence-corrected chi connectivity index (χ0v) is 21.9. The molecule has 0 bridgehead atoms. The van der Waals surface area contributed by atoms with Crippen LogP contribution < -0.4 is 24.8 Å². The van der Waals surface area contributed by atoms with Crippen LogP contribution in [-0.4, -0.2) is 56.2 Å². The summed E-state index contributed by atoms with van der Waals surface area (Å²) in [5.74, 6) is 2.93. The average molecular weight is 545 g/mol. The highest BCUT2D eigenvalue weighted by molar-refractivity contribution is 14.0. The number of ether oxygens (including phenoxy) is 3. The summed E-state index contributed by atoms with van der Waals surface area (Å²) in [6, 6.07) is 5.75. The highest BCUT2D eigenvalue weighted by Gasteiger charge is 2.14. The summed E-state index contributed by atoms with van der Waals surface area (Å²) < 4.78 is 18.3. The molecule has 1 atom stereocenters. The second-order valence-corrected chi connectivity index (χ2v) is 7.27. The molecule has 0 fully saturated rings. The summed E-state index contributed by atoms with van der Waals surface area (Å²) >= 11 is 0. The molecule has 0 radical (unpaired) electrons. The van der Waals surface area contributed by atoms with Crippen molar-refractivity contribution in [2.45, 2.75) is 39.7 Å². The van der Waals surface area contributed by atoms with Crippen LogP contribution >= 0.6 is 24.0 Å². The van der Waals surface area contributed by atoms with Gasteiger partial charge in [0.2, 0.25) is 0 Å². The Morgan fingerprint density at radius 3 is 2.26 bits per heavy atom. The van der Waals surface area contributed by atoms with Crippen molar-refractivity contribution in [1.29, 1.82) is 0 Å². The molecule has 9 heteroatoms. The van der Waals surface area contributed by atoms with E-state index in [0.717, 1.165) is 36.8 Å². The molecule has 31 heavy (non-hydrogen) atoms. The molecule has 0 spiro atoms. The molecular weight excluding hydrogens is 509 g/mol. The van der Waals surface area contributed by atoms with E-state index in [4.69, 9.17) is 14.2 Å². The smallest absolute Gasteiger partial charge is 0.191 e. The standard InChI is InChI=1S/C22H35N5O3.HI/c1-15(11-21-16(2)26-27(5)17(21)3)25-22(23-4)24-9-8-10-30-20-13-18(28-6)12-19(14-20)29-7;/h12-15H,8-11H2,1-7H3,(H2,23,24,25);1H. The van der Waals surface area contributed by atoms with Gasteiger partial charge in [0, 0.05) is 50.6 Å². The number of hydrogen-bond acceptors (Lipinski definition) is 5. The number of aliphatic imine (C=N–C) groups is 1. The van der Waals surface area contributed by atoms with Crippen LogP contribution in [0.25, 0.3) is 0 Å². The van der Waals surface area contributed by atoms with Crippen LogP contribution in [0.4, 0.5) is 0 Å². The first-order chi connectivity index (χ1) is 14.4. The van der Waals surface area contributed by atoms with Crippen molar-refractivity contribution in [2.24, 2.45) is 12.0 Å². The zero-order chi connectivity index (χ0) is 22.1. The number of nitrogens with one attached hydrogen (secondary N) is 2. The van der Waals surface area contributed by atoms with Gasteiger partial charge in [-0.15, -0.1) is 24.0 Å². The van der Waals surface area contributed by atoms with Crippen LogP contribution in [0.3, 0.4) is 0 Å². The van der Waals surface area contributed by atoms with Crippen molar-refractivity contribution in [3.63, 3.8) is 0 Å². The van der Waals surface area contributed by atoms with Gasteiger partial charge in [-0.2, -0.15) is 5.10 Å². The summed E-state index contributed by atoms with van der Waals surface area (Å²) in [4.78, 5) is 4.32. The average Bonchev–Trinajstić information content (AvgIpc) is 2.98. The molecule has 1 unspecified atom stereocenters. The van der Waals surface area contributed by atoms with Gasteiger partial charge in [0.05, 0.1) is 26.5 Å². The number of aromatic nitrogens is 2. The minimum Gasteiger partial charge on any atom is -0.496 e. The number of methoxy groups -OCH3 is 2. The number of guanidine groups is 1. The maximum absolute atomic E-state index is 5.83. The maximum Gasteiger partial charge on any atom is 0.191 e. The van der Waals surface area contributed by atoms with Gasteiger partial charge in [0.1, 0.15) is 17.2 Å². The first-order valence-electron chi connectivity index (χ1n) is 10.2. The summed E-state index contributed by atoms with van der Waals surface area (Å²) in [5, 5.41) is 11.3. The summed E-state index contributed by atoms with van der Waals surface area (Å²) in [5.41, 5.74) is 3.57. The van der Waals surface area contributed by atoms with E-state index >= 15 is 0 Å². The SMILES string of the molecule is CN=C(NCCCOc1cc(OC)cc(OC)c1)NC(C)Cc1c(C)nn(C)c1C.I. The van der Waals surface area contributed by atoms with Crippen LogP contribution in [0.15, 0.2) is 23.2 Å². The highest BCUT2D eigenvalue weighted by Crippen LogP contribution is 2.27. The molecule has 0 aliphatic rings. The Kier molecular flexibility index (Phi) is 11.5. The monoisotopic (exact) mass is 545 g/mol. The number of nitrogens with zero attached hydrogens (tertiary/aromatic N) is 3. The third kappa shape index (κ3) is 8.12. The molecule has 0 amide bonds. The number of halogens is 1. The van der Waals surface area contributed by atoms with Crippen LogP contribution in [0.1, 0.15) is 30.3 Å². The molecule has 0 saturated carbocycles. The lowest BCUT2D eigenvalue weighted by molar-refractivity contribution is 0.305. The van der Waals surface area contributed by atoms with Crippen LogP contribution in [-0.2, 0) is 13.5 Å². The molecule has 0 aliphatic carbocycles. The van der Waals surface area contributed by atoms with E-state index in [2.05, 4.69) is 41.5 Å². The summed E-state index contributed by atoms with van der Waals surface area (Å²) in [6.45, 7) is 7.63. The predicted octanol–water partition coefficient (Wildman–Crippen LogP) is 3.24. The van der Waals surface area contributed by atoms with Crippen LogP contribution in [0.5, 0.6) is 17.2 Å². The molecule has 1 aromatic carbocycles. The fourth-order valence-electron chi connectivity index (χ4n) is 3.23. The first-order valence-corrected chi connectivity index (χ1v) is 10.2. The quantitative estimate of drug-likeness (QED) is 0.207. The Bertz CT molecular complexity index is 832. The van der Waals surface area contributed by atoms with Crippen molar-refractivity contribution < 1.29 is 14.2 Å². The van der Waals surface area contributed by atoms with E-state index in [0.29, 0.717) is 18.1 Å². The lowest BCUT2D eigenvalue weighted by Crippen LogP contribution is -2.43. The molecule has 1 heterocycles. The minimum absolute atomic E-state index is 0. The minimum atomic E-state index is 0. The molecule has 2 N–H and O–H groups in total. The van der Waals surface area contributed by atoms with Crippen molar-refractivity contribution in [3.8, 4) is 17.2 Å². The number of hydrogen-bond donors (Lipinski definition) is 2. The van der Waals surface area contributed by atoms with Gasteiger partial charge < -0.3 is 24.8 Å². The molecule has 2 rings (SSSR count). The molecular formula is C22H36IN5O3. The van der Waals surface area contributed by atoms with E-state index in [9.17, 15) is 0 Å². The third-order valence-electron chi connectivity index (χ3n) is 4.98. The number of rotatable bonds is 10. The second kappa shape index (κ2) is 13.3. The largest absolute Gasteiger partial charge is 0.496 e. The Labute approximate surface area is 202 Å². The van der Waals surface area contributed by atoms with Crippen molar-refractivity contribution in [2.75, 3.05) is 34.4 Å². The van der Waals surface area contributed by atoms with Crippen LogP contribution in [0.2, 0.25) is 0 Å². The molecule has 2 aromatic rings. The van der Waals surface area contributed by atoms with Crippen LogP contribution in [0, 0.1) is 13.8 Å². The first kappa shape index (κ1) is 26.9. The molecule has 1 aromatic heterocycles. The van der Waals surface area contributed by atoms with E-state index in [1.54, 1.807) is 21.3 Å². The van der Waals surface area contributed by atoms with Crippen molar-refractivity contribution in [1.82, 2.24) is 20.4 Å². The van der Waals surface area contributed by atoms with Crippen molar-refractivity contribution >= 4 is 29.9 Å². The van der Waals surface area contributed by atoms with Gasteiger partial charge in [0.15, 0.2) is 5.96 Å². The Balaban J connectivity index is 0.00000480. The summed E-state index contributed by atoms with van der Waals surface area (Å²) in [7, 11) is 7.01.